The van der Waals surface area contributed by atoms with Gasteiger partial charge in [-0.1, -0.05) is 12.1 Å². The van der Waals surface area contributed by atoms with Crippen molar-refractivity contribution in [3.05, 3.63) is 59.7 Å². The van der Waals surface area contributed by atoms with Crippen molar-refractivity contribution in [3.63, 3.8) is 0 Å². The molecule has 0 aliphatic heterocycles. The molecule has 0 saturated heterocycles. The summed E-state index contributed by atoms with van der Waals surface area (Å²) in [4.78, 5) is 36.9. The van der Waals surface area contributed by atoms with Crippen LogP contribution in [0, 0.1) is 0 Å². The van der Waals surface area contributed by atoms with Gasteiger partial charge in [0, 0.05) is 24.4 Å². The second-order valence-corrected chi connectivity index (χ2v) is 6.72. The normalized spacial score (nSPS) is 12.9. The molecule has 1 aliphatic carbocycles. The summed E-state index contributed by atoms with van der Waals surface area (Å²) in [5.41, 5.74) is 1.43. The predicted octanol–water partition coefficient (Wildman–Crippen LogP) is 3.58. The molecule has 28 heavy (non-hydrogen) atoms. The number of hydrogen-bond donors (Lipinski definition) is 2. The summed E-state index contributed by atoms with van der Waals surface area (Å²) in [6.45, 7) is 2.46. The minimum atomic E-state index is -0.300. The summed E-state index contributed by atoms with van der Waals surface area (Å²) in [6.07, 6.45) is 2.13. The van der Waals surface area contributed by atoms with E-state index in [0.717, 1.165) is 12.8 Å². The van der Waals surface area contributed by atoms with E-state index in [2.05, 4.69) is 10.6 Å². The minimum Gasteiger partial charge on any atom is -0.494 e. The summed E-state index contributed by atoms with van der Waals surface area (Å²) in [5.74, 6) is 0.102. The highest BCUT2D eigenvalue weighted by Crippen LogP contribution is 2.22. The fourth-order valence-corrected chi connectivity index (χ4v) is 2.77. The summed E-state index contributed by atoms with van der Waals surface area (Å²) in [7, 11) is 0. The quantitative estimate of drug-likeness (QED) is 0.651. The first-order chi connectivity index (χ1) is 13.6. The van der Waals surface area contributed by atoms with Crippen molar-refractivity contribution in [1.29, 1.82) is 0 Å². The first kappa shape index (κ1) is 19.6. The molecule has 3 rings (SSSR count). The molecule has 1 fully saturated rings. The number of carbonyl (C=O) groups is 3. The molecule has 146 valence electrons. The van der Waals surface area contributed by atoms with E-state index in [1.165, 1.54) is 0 Å². The zero-order valence-electron chi connectivity index (χ0n) is 15.9. The number of carbonyl (C=O) groups excluding carboxylic acids is 3. The van der Waals surface area contributed by atoms with Crippen molar-refractivity contribution < 1.29 is 19.1 Å². The second kappa shape index (κ2) is 9.17. The number of Topliss-reactive ketones (excluding diaryl/α,β-unsaturated/α-hetero) is 1. The standard InChI is InChI=1S/C22H24N2O4/c1-2-28-17-11-7-15(8-12-17)20(25)13-14-21(26)24-19-6-4-3-5-18(19)22(27)23-16-9-10-16/h3-8,11-12,16H,2,9-10,13-14H2,1H3,(H,23,27)(H,24,26). The summed E-state index contributed by atoms with van der Waals surface area (Å²) in [5, 5.41) is 5.66. The van der Waals surface area contributed by atoms with Crippen molar-refractivity contribution >= 4 is 23.3 Å². The first-order valence-electron chi connectivity index (χ1n) is 9.52. The van der Waals surface area contributed by atoms with Gasteiger partial charge in [-0.2, -0.15) is 0 Å². The van der Waals surface area contributed by atoms with Crippen molar-refractivity contribution in [1.82, 2.24) is 5.32 Å². The van der Waals surface area contributed by atoms with Gasteiger partial charge in [0.2, 0.25) is 5.91 Å². The second-order valence-electron chi connectivity index (χ2n) is 6.72. The predicted molar refractivity (Wildman–Crippen MR) is 107 cm³/mol. The number of ether oxygens (including phenoxy) is 1. The van der Waals surface area contributed by atoms with E-state index in [0.29, 0.717) is 29.2 Å². The van der Waals surface area contributed by atoms with Gasteiger partial charge in [0.05, 0.1) is 17.9 Å². The van der Waals surface area contributed by atoms with Crippen LogP contribution in [-0.4, -0.2) is 30.2 Å². The van der Waals surface area contributed by atoms with Crippen molar-refractivity contribution in [2.24, 2.45) is 0 Å². The van der Waals surface area contributed by atoms with Crippen LogP contribution in [0.5, 0.6) is 5.75 Å². The van der Waals surface area contributed by atoms with Crippen LogP contribution in [0.4, 0.5) is 5.69 Å². The largest absolute Gasteiger partial charge is 0.494 e. The first-order valence-corrected chi connectivity index (χ1v) is 9.52. The monoisotopic (exact) mass is 380 g/mol. The third-order valence-corrected chi connectivity index (χ3v) is 4.42. The van der Waals surface area contributed by atoms with Gasteiger partial charge in [0.15, 0.2) is 5.78 Å². The van der Waals surface area contributed by atoms with Crippen LogP contribution in [0.1, 0.15) is 53.3 Å². The Morgan fingerprint density at radius 3 is 2.39 bits per heavy atom. The minimum absolute atomic E-state index is 0.0463. The van der Waals surface area contributed by atoms with E-state index in [1.807, 2.05) is 6.92 Å². The van der Waals surface area contributed by atoms with Gasteiger partial charge in [0.1, 0.15) is 5.75 Å². The lowest BCUT2D eigenvalue weighted by Crippen LogP contribution is -2.27. The van der Waals surface area contributed by atoms with Crippen LogP contribution in [0.25, 0.3) is 0 Å². The number of hydrogen-bond acceptors (Lipinski definition) is 4. The van der Waals surface area contributed by atoms with Gasteiger partial charge in [-0.15, -0.1) is 0 Å². The molecule has 0 aromatic heterocycles. The number of amides is 2. The Hall–Kier alpha value is -3.15. The third-order valence-electron chi connectivity index (χ3n) is 4.42. The third kappa shape index (κ3) is 5.42. The van der Waals surface area contributed by atoms with E-state index in [1.54, 1.807) is 48.5 Å². The molecule has 0 heterocycles. The molecule has 6 heteroatoms. The van der Waals surface area contributed by atoms with Gasteiger partial charge >= 0.3 is 0 Å². The highest BCUT2D eigenvalue weighted by molar-refractivity contribution is 6.05. The van der Waals surface area contributed by atoms with Crippen LogP contribution >= 0.6 is 0 Å². The SMILES string of the molecule is CCOc1ccc(C(=O)CCC(=O)Nc2ccccc2C(=O)NC2CC2)cc1. The Kier molecular flexibility index (Phi) is 6.42. The van der Waals surface area contributed by atoms with Crippen LogP contribution in [0.2, 0.25) is 0 Å². The molecule has 6 nitrogen and oxygen atoms in total. The van der Waals surface area contributed by atoms with Crippen molar-refractivity contribution in [2.75, 3.05) is 11.9 Å². The fraction of sp³-hybridized carbons (Fsp3) is 0.318. The van der Waals surface area contributed by atoms with Crippen LogP contribution < -0.4 is 15.4 Å². The van der Waals surface area contributed by atoms with Gasteiger partial charge in [0.25, 0.3) is 5.91 Å². The van der Waals surface area contributed by atoms with Gasteiger partial charge in [-0.3, -0.25) is 14.4 Å². The number of nitrogens with one attached hydrogen (secondary N) is 2. The number of para-hydroxylation sites is 1. The van der Waals surface area contributed by atoms with E-state index in [4.69, 9.17) is 4.74 Å². The number of rotatable bonds is 9. The van der Waals surface area contributed by atoms with Crippen molar-refractivity contribution in [3.8, 4) is 5.75 Å². The average Bonchev–Trinajstić information content (AvgIpc) is 3.51. The molecule has 0 atom stereocenters. The molecule has 0 radical (unpaired) electrons. The highest BCUT2D eigenvalue weighted by Gasteiger charge is 2.25. The Morgan fingerprint density at radius 1 is 1.00 bits per heavy atom. The Labute approximate surface area is 164 Å². The lowest BCUT2D eigenvalue weighted by Gasteiger charge is -2.11. The summed E-state index contributed by atoms with van der Waals surface area (Å²) >= 11 is 0. The molecular weight excluding hydrogens is 356 g/mol. The molecule has 0 spiro atoms. The van der Waals surface area contributed by atoms with Crippen LogP contribution in [0.3, 0.4) is 0 Å². The van der Waals surface area contributed by atoms with E-state index < -0.39 is 0 Å². The molecule has 1 saturated carbocycles. The molecule has 2 N–H and O–H groups in total. The Balaban J connectivity index is 1.54. The highest BCUT2D eigenvalue weighted by atomic mass is 16.5. The molecule has 2 aromatic carbocycles. The zero-order chi connectivity index (χ0) is 19.9. The molecule has 1 aliphatic rings. The number of ketones is 1. The molecular formula is C22H24N2O4. The maximum Gasteiger partial charge on any atom is 0.253 e. The van der Waals surface area contributed by atoms with Gasteiger partial charge in [-0.25, -0.2) is 0 Å². The fourth-order valence-electron chi connectivity index (χ4n) is 2.77. The van der Waals surface area contributed by atoms with E-state index in [-0.39, 0.29) is 36.5 Å². The topological polar surface area (TPSA) is 84.5 Å². The van der Waals surface area contributed by atoms with Gasteiger partial charge < -0.3 is 15.4 Å². The van der Waals surface area contributed by atoms with Crippen LogP contribution in [-0.2, 0) is 4.79 Å². The summed E-state index contributed by atoms with van der Waals surface area (Å²) in [6, 6.07) is 14.0. The van der Waals surface area contributed by atoms with Gasteiger partial charge in [-0.05, 0) is 56.2 Å². The molecule has 2 aromatic rings. The average molecular weight is 380 g/mol. The lowest BCUT2D eigenvalue weighted by molar-refractivity contribution is -0.116. The number of anilines is 1. The molecule has 0 bridgehead atoms. The Morgan fingerprint density at radius 2 is 1.71 bits per heavy atom. The van der Waals surface area contributed by atoms with E-state index >= 15 is 0 Å². The smallest absolute Gasteiger partial charge is 0.253 e. The summed E-state index contributed by atoms with van der Waals surface area (Å²) < 4.78 is 5.36. The zero-order valence-corrected chi connectivity index (χ0v) is 15.9. The lowest BCUT2D eigenvalue weighted by atomic mass is 10.1. The van der Waals surface area contributed by atoms with Crippen molar-refractivity contribution in [2.45, 2.75) is 38.6 Å². The molecule has 0 unspecified atom stereocenters. The Bertz CT molecular complexity index is 857. The van der Waals surface area contributed by atoms with Crippen LogP contribution in [0.15, 0.2) is 48.5 Å². The maximum atomic E-state index is 12.3. The van der Waals surface area contributed by atoms with E-state index in [9.17, 15) is 14.4 Å². The molecule has 2 amide bonds. The maximum absolute atomic E-state index is 12.3. The number of benzene rings is 2.